The van der Waals surface area contributed by atoms with Crippen LogP contribution in [-0.2, 0) is 6.54 Å². The molecular formula is C17H13FN2O2. The van der Waals surface area contributed by atoms with Crippen molar-refractivity contribution >= 4 is 5.97 Å². The molecule has 1 N–H and O–H groups in total. The Balaban J connectivity index is 2.06. The maximum atomic E-state index is 13.8. The number of benzene rings is 2. The van der Waals surface area contributed by atoms with Gasteiger partial charge in [-0.25, -0.2) is 9.18 Å². The third-order valence-corrected chi connectivity index (χ3v) is 3.35. The minimum atomic E-state index is -1.11. The van der Waals surface area contributed by atoms with Crippen molar-refractivity contribution in [1.82, 2.24) is 9.78 Å². The van der Waals surface area contributed by atoms with Crippen LogP contribution >= 0.6 is 0 Å². The van der Waals surface area contributed by atoms with Crippen LogP contribution in [0.1, 0.15) is 16.1 Å². The molecule has 3 aromatic rings. The minimum absolute atomic E-state index is 0.0600. The average Bonchev–Trinajstić information content (AvgIpc) is 2.95. The molecule has 0 unspecified atom stereocenters. The van der Waals surface area contributed by atoms with Crippen LogP contribution in [0.25, 0.3) is 11.3 Å². The van der Waals surface area contributed by atoms with Crippen molar-refractivity contribution in [1.29, 1.82) is 0 Å². The largest absolute Gasteiger partial charge is 0.476 e. The molecule has 110 valence electrons. The predicted molar refractivity (Wildman–Crippen MR) is 80.1 cm³/mol. The van der Waals surface area contributed by atoms with Gasteiger partial charge in [-0.05, 0) is 17.7 Å². The first kappa shape index (κ1) is 14.0. The molecule has 4 nitrogen and oxygen atoms in total. The molecular weight excluding hydrogens is 283 g/mol. The summed E-state index contributed by atoms with van der Waals surface area (Å²) in [5, 5.41) is 13.2. The summed E-state index contributed by atoms with van der Waals surface area (Å²) in [4.78, 5) is 11.2. The molecule has 0 saturated carbocycles. The summed E-state index contributed by atoms with van der Waals surface area (Å²) in [7, 11) is 0. The van der Waals surface area contributed by atoms with Gasteiger partial charge in [-0.3, -0.25) is 4.68 Å². The summed E-state index contributed by atoms with van der Waals surface area (Å²) in [6.07, 6.45) is 0. The molecule has 0 spiro atoms. The van der Waals surface area contributed by atoms with Crippen LogP contribution in [0.2, 0.25) is 0 Å². The Hall–Kier alpha value is -2.95. The number of carboxylic acid groups (broad SMARTS) is 1. The first-order valence-corrected chi connectivity index (χ1v) is 6.75. The van der Waals surface area contributed by atoms with Gasteiger partial charge in [-0.2, -0.15) is 5.10 Å². The monoisotopic (exact) mass is 296 g/mol. The number of aromatic carboxylic acids is 1. The van der Waals surface area contributed by atoms with E-state index in [1.165, 1.54) is 16.8 Å². The standard InChI is InChI=1S/C17H13FN2O2/c18-14-9-5-4-8-13(14)11-20-16(10-15(19-20)17(21)22)12-6-2-1-3-7-12/h1-10H,11H2,(H,21,22). The van der Waals surface area contributed by atoms with Gasteiger partial charge in [0.15, 0.2) is 5.69 Å². The first-order chi connectivity index (χ1) is 10.6. The molecule has 0 atom stereocenters. The summed E-state index contributed by atoms with van der Waals surface area (Å²) in [6.45, 7) is 0.171. The van der Waals surface area contributed by atoms with Crippen molar-refractivity contribution in [3.05, 3.63) is 77.7 Å². The maximum Gasteiger partial charge on any atom is 0.356 e. The van der Waals surface area contributed by atoms with Crippen molar-refractivity contribution in [3.63, 3.8) is 0 Å². The van der Waals surface area contributed by atoms with Gasteiger partial charge in [0, 0.05) is 5.56 Å². The van der Waals surface area contributed by atoms with Crippen LogP contribution in [0.15, 0.2) is 60.7 Å². The van der Waals surface area contributed by atoms with Crippen LogP contribution in [0.5, 0.6) is 0 Å². The molecule has 2 aromatic carbocycles. The van der Waals surface area contributed by atoms with Gasteiger partial charge in [0.1, 0.15) is 5.82 Å². The van der Waals surface area contributed by atoms with Gasteiger partial charge < -0.3 is 5.11 Å². The van der Waals surface area contributed by atoms with Gasteiger partial charge in [0.05, 0.1) is 12.2 Å². The molecule has 0 fully saturated rings. The second-order valence-electron chi connectivity index (χ2n) is 4.84. The van der Waals surface area contributed by atoms with E-state index in [0.29, 0.717) is 11.3 Å². The number of carbonyl (C=O) groups is 1. The molecule has 0 saturated heterocycles. The molecule has 0 bridgehead atoms. The van der Waals surface area contributed by atoms with Gasteiger partial charge in [-0.15, -0.1) is 0 Å². The Bertz CT molecular complexity index is 813. The lowest BCUT2D eigenvalue weighted by atomic mass is 10.1. The predicted octanol–water partition coefficient (Wildman–Crippen LogP) is 3.44. The van der Waals surface area contributed by atoms with E-state index in [2.05, 4.69) is 5.10 Å². The molecule has 0 aliphatic rings. The van der Waals surface area contributed by atoms with E-state index in [0.717, 1.165) is 5.56 Å². The van der Waals surface area contributed by atoms with Crippen LogP contribution in [0, 0.1) is 5.82 Å². The number of nitrogens with zero attached hydrogens (tertiary/aromatic N) is 2. The van der Waals surface area contributed by atoms with E-state index in [1.807, 2.05) is 30.3 Å². The molecule has 1 aromatic heterocycles. The number of carboxylic acids is 1. The third-order valence-electron chi connectivity index (χ3n) is 3.35. The highest BCUT2D eigenvalue weighted by molar-refractivity contribution is 5.87. The number of rotatable bonds is 4. The summed E-state index contributed by atoms with van der Waals surface area (Å²) in [6, 6.07) is 17.2. The van der Waals surface area contributed by atoms with Crippen molar-refractivity contribution in [2.75, 3.05) is 0 Å². The Kier molecular flexibility index (Phi) is 3.70. The maximum absolute atomic E-state index is 13.8. The number of halogens is 1. The van der Waals surface area contributed by atoms with E-state index in [4.69, 9.17) is 5.11 Å². The number of aromatic nitrogens is 2. The van der Waals surface area contributed by atoms with Crippen LogP contribution in [-0.4, -0.2) is 20.9 Å². The zero-order chi connectivity index (χ0) is 15.5. The van der Waals surface area contributed by atoms with Crippen LogP contribution in [0.4, 0.5) is 4.39 Å². The third kappa shape index (κ3) is 2.74. The number of hydrogen-bond donors (Lipinski definition) is 1. The Morgan fingerprint density at radius 3 is 2.45 bits per heavy atom. The average molecular weight is 296 g/mol. The molecule has 5 heteroatoms. The Labute approximate surface area is 126 Å². The Morgan fingerprint density at radius 2 is 1.77 bits per heavy atom. The SMILES string of the molecule is O=C(O)c1cc(-c2ccccc2)n(Cc2ccccc2F)n1. The molecule has 1 heterocycles. The highest BCUT2D eigenvalue weighted by atomic mass is 19.1. The zero-order valence-corrected chi connectivity index (χ0v) is 11.6. The molecule has 22 heavy (non-hydrogen) atoms. The summed E-state index contributed by atoms with van der Waals surface area (Å²) in [5.74, 6) is -1.45. The first-order valence-electron chi connectivity index (χ1n) is 6.75. The van der Waals surface area contributed by atoms with E-state index >= 15 is 0 Å². The second-order valence-corrected chi connectivity index (χ2v) is 4.84. The summed E-state index contributed by atoms with van der Waals surface area (Å²) in [5.41, 5.74) is 1.87. The van der Waals surface area contributed by atoms with Gasteiger partial charge >= 0.3 is 5.97 Å². The van der Waals surface area contributed by atoms with E-state index in [9.17, 15) is 9.18 Å². The van der Waals surface area contributed by atoms with E-state index in [1.54, 1.807) is 18.2 Å². The smallest absolute Gasteiger partial charge is 0.356 e. The minimum Gasteiger partial charge on any atom is -0.476 e. The molecule has 0 radical (unpaired) electrons. The van der Waals surface area contributed by atoms with Crippen molar-refractivity contribution in [2.45, 2.75) is 6.54 Å². The van der Waals surface area contributed by atoms with Crippen LogP contribution in [0.3, 0.4) is 0 Å². The second kappa shape index (κ2) is 5.81. The highest BCUT2D eigenvalue weighted by Crippen LogP contribution is 2.22. The molecule has 0 aliphatic carbocycles. The normalized spacial score (nSPS) is 10.6. The van der Waals surface area contributed by atoms with Gasteiger partial charge in [-0.1, -0.05) is 48.5 Å². The summed E-state index contributed by atoms with van der Waals surface area (Å²) < 4.78 is 15.3. The van der Waals surface area contributed by atoms with Crippen LogP contribution < -0.4 is 0 Å². The van der Waals surface area contributed by atoms with Crippen molar-refractivity contribution in [2.24, 2.45) is 0 Å². The summed E-state index contributed by atoms with van der Waals surface area (Å²) >= 11 is 0. The topological polar surface area (TPSA) is 55.1 Å². The molecule has 0 aliphatic heterocycles. The fourth-order valence-corrected chi connectivity index (χ4v) is 2.27. The highest BCUT2D eigenvalue weighted by Gasteiger charge is 2.15. The lowest BCUT2D eigenvalue weighted by Gasteiger charge is -2.08. The molecule has 0 amide bonds. The molecule has 3 rings (SSSR count). The van der Waals surface area contributed by atoms with Crippen molar-refractivity contribution < 1.29 is 14.3 Å². The number of hydrogen-bond acceptors (Lipinski definition) is 2. The van der Waals surface area contributed by atoms with E-state index in [-0.39, 0.29) is 18.1 Å². The van der Waals surface area contributed by atoms with Gasteiger partial charge in [0.2, 0.25) is 0 Å². The fraction of sp³-hybridized carbons (Fsp3) is 0.0588. The fourth-order valence-electron chi connectivity index (χ4n) is 2.27. The van der Waals surface area contributed by atoms with Crippen molar-refractivity contribution in [3.8, 4) is 11.3 Å². The van der Waals surface area contributed by atoms with Gasteiger partial charge in [0.25, 0.3) is 0 Å². The Morgan fingerprint density at radius 1 is 1.09 bits per heavy atom. The zero-order valence-electron chi connectivity index (χ0n) is 11.6. The van der Waals surface area contributed by atoms with E-state index < -0.39 is 5.97 Å². The lowest BCUT2D eigenvalue weighted by molar-refractivity contribution is 0.0689. The lowest BCUT2D eigenvalue weighted by Crippen LogP contribution is -2.07. The quantitative estimate of drug-likeness (QED) is 0.802.